The second-order valence-corrected chi connectivity index (χ2v) is 10.9. The zero-order valence-electron chi connectivity index (χ0n) is 23.3. The fourth-order valence-corrected chi connectivity index (χ4v) is 4.30. The summed E-state index contributed by atoms with van der Waals surface area (Å²) in [6.07, 6.45) is -1.80. The van der Waals surface area contributed by atoms with Gasteiger partial charge in [0.1, 0.15) is 34.9 Å². The molecule has 2 aromatic carbocycles. The highest BCUT2D eigenvalue weighted by molar-refractivity contribution is 5.43. The summed E-state index contributed by atoms with van der Waals surface area (Å²) in [5, 5.41) is 0. The van der Waals surface area contributed by atoms with Crippen molar-refractivity contribution in [2.45, 2.75) is 78.2 Å². The van der Waals surface area contributed by atoms with E-state index in [0.29, 0.717) is 24.5 Å². The van der Waals surface area contributed by atoms with Crippen molar-refractivity contribution in [3.05, 3.63) is 106 Å². The van der Waals surface area contributed by atoms with Gasteiger partial charge in [0.15, 0.2) is 0 Å². The molecule has 1 unspecified atom stereocenters. The fourth-order valence-electron chi connectivity index (χ4n) is 4.30. The highest BCUT2D eigenvalue weighted by Gasteiger charge is 2.53. The smallest absolute Gasteiger partial charge is 0.407 e. The van der Waals surface area contributed by atoms with Crippen LogP contribution in [0.25, 0.3) is 0 Å². The summed E-state index contributed by atoms with van der Waals surface area (Å²) in [5.74, 6) is -5.90. The van der Waals surface area contributed by atoms with E-state index in [1.54, 1.807) is 26.0 Å². The molecule has 0 N–H and O–H groups in total. The standard InChI is InChI=1S/C31H35F7O/c1-9-18(2)12-21-10-11-24(25(34)15-21)29(5,6)22-16-26(35)28(27(36)17-22)30(7,8)31(37,38)39-23(13-19(3)32)14-20(4)33/h10-11,13-18H,3,9,12H2,1-2,4-8H3/b20-14+,23-13+. The van der Waals surface area contributed by atoms with E-state index < -0.39 is 57.4 Å². The highest BCUT2D eigenvalue weighted by atomic mass is 19.3. The number of benzene rings is 2. The Labute approximate surface area is 226 Å². The van der Waals surface area contributed by atoms with Gasteiger partial charge in [-0.1, -0.05) is 52.8 Å². The summed E-state index contributed by atoms with van der Waals surface area (Å²) in [5.41, 5.74) is -3.86. The molecule has 0 bridgehead atoms. The molecule has 39 heavy (non-hydrogen) atoms. The summed E-state index contributed by atoms with van der Waals surface area (Å²) in [4.78, 5) is 0. The lowest BCUT2D eigenvalue weighted by atomic mass is 9.75. The number of ether oxygens (including phenoxy) is 1. The van der Waals surface area contributed by atoms with Crippen LogP contribution in [0.3, 0.4) is 0 Å². The fraction of sp³-hybridized carbons (Fsp3) is 0.419. The van der Waals surface area contributed by atoms with Gasteiger partial charge in [0.05, 0.1) is 5.41 Å². The topological polar surface area (TPSA) is 9.23 Å². The first-order chi connectivity index (χ1) is 17.8. The molecular weight excluding hydrogens is 521 g/mol. The van der Waals surface area contributed by atoms with Crippen LogP contribution in [0.1, 0.15) is 77.1 Å². The zero-order chi connectivity index (χ0) is 29.9. The molecule has 0 spiro atoms. The van der Waals surface area contributed by atoms with Gasteiger partial charge >= 0.3 is 6.11 Å². The van der Waals surface area contributed by atoms with Crippen LogP contribution in [0.4, 0.5) is 30.7 Å². The summed E-state index contributed by atoms with van der Waals surface area (Å²) in [7, 11) is 0. The first-order valence-corrected chi connectivity index (χ1v) is 12.6. The van der Waals surface area contributed by atoms with Crippen LogP contribution in [-0.4, -0.2) is 6.11 Å². The van der Waals surface area contributed by atoms with Gasteiger partial charge in [0, 0.05) is 23.1 Å². The molecule has 2 rings (SSSR count). The van der Waals surface area contributed by atoms with Gasteiger partial charge in [-0.3, -0.25) is 0 Å². The lowest BCUT2D eigenvalue weighted by Crippen LogP contribution is -2.44. The van der Waals surface area contributed by atoms with Crippen molar-refractivity contribution in [2.24, 2.45) is 5.92 Å². The molecule has 8 heteroatoms. The quantitative estimate of drug-likeness (QED) is 0.152. The molecule has 2 aromatic rings. The molecule has 0 saturated carbocycles. The molecule has 0 aliphatic heterocycles. The van der Waals surface area contributed by atoms with Gasteiger partial charge in [-0.05, 0) is 68.0 Å². The Morgan fingerprint density at radius 3 is 1.97 bits per heavy atom. The van der Waals surface area contributed by atoms with E-state index in [1.165, 1.54) is 6.07 Å². The van der Waals surface area contributed by atoms with E-state index in [-0.39, 0.29) is 11.1 Å². The van der Waals surface area contributed by atoms with Gasteiger partial charge in [-0.15, -0.1) is 0 Å². The maximum Gasteiger partial charge on any atom is 0.407 e. The van der Waals surface area contributed by atoms with Crippen LogP contribution in [0.2, 0.25) is 0 Å². The largest absolute Gasteiger partial charge is 0.432 e. The van der Waals surface area contributed by atoms with Crippen molar-refractivity contribution >= 4 is 0 Å². The number of hydrogen-bond donors (Lipinski definition) is 0. The highest BCUT2D eigenvalue weighted by Crippen LogP contribution is 2.45. The van der Waals surface area contributed by atoms with Crippen LogP contribution >= 0.6 is 0 Å². The maximum atomic E-state index is 15.4. The molecule has 1 atom stereocenters. The van der Waals surface area contributed by atoms with Crippen LogP contribution in [0.5, 0.6) is 0 Å². The molecule has 0 heterocycles. The SMILES string of the molecule is C=C(F)/C=C(\C=C(/C)F)OC(F)(F)C(C)(C)c1c(F)cc(C(C)(C)c2ccc(CC(C)CC)cc2F)cc1F. The molecule has 0 aliphatic rings. The minimum absolute atomic E-state index is 0.0279. The van der Waals surface area contributed by atoms with Crippen LogP contribution in [0, 0.1) is 23.4 Å². The Morgan fingerprint density at radius 1 is 0.949 bits per heavy atom. The molecule has 1 nitrogen and oxygen atoms in total. The minimum Gasteiger partial charge on any atom is -0.432 e. The predicted octanol–water partition coefficient (Wildman–Crippen LogP) is 10.1. The van der Waals surface area contributed by atoms with Gasteiger partial charge in [0.2, 0.25) is 0 Å². The molecule has 0 saturated heterocycles. The number of hydrogen-bond acceptors (Lipinski definition) is 1. The third kappa shape index (κ3) is 7.34. The predicted molar refractivity (Wildman–Crippen MR) is 140 cm³/mol. The third-order valence-corrected chi connectivity index (χ3v) is 6.99. The van der Waals surface area contributed by atoms with Crippen LogP contribution in [0.15, 0.2) is 66.5 Å². The number of allylic oxidation sites excluding steroid dienone is 4. The molecule has 0 radical (unpaired) electrons. The zero-order valence-corrected chi connectivity index (χ0v) is 23.3. The van der Waals surface area contributed by atoms with Crippen molar-refractivity contribution in [1.29, 1.82) is 0 Å². The van der Waals surface area contributed by atoms with Crippen molar-refractivity contribution in [3.8, 4) is 0 Å². The second-order valence-electron chi connectivity index (χ2n) is 10.9. The van der Waals surface area contributed by atoms with Gasteiger partial charge in [-0.25, -0.2) is 22.0 Å². The normalized spacial score (nSPS) is 14.4. The number of halogens is 7. The molecule has 0 fully saturated rings. The summed E-state index contributed by atoms with van der Waals surface area (Å²) in [6.45, 7) is 12.7. The molecule has 0 aromatic heterocycles. The Kier molecular flexibility index (Phi) is 9.91. The van der Waals surface area contributed by atoms with Gasteiger partial charge in [0.25, 0.3) is 0 Å². The van der Waals surface area contributed by atoms with Crippen molar-refractivity contribution in [3.63, 3.8) is 0 Å². The second kappa shape index (κ2) is 12.0. The number of rotatable bonds is 11. The Morgan fingerprint density at radius 2 is 1.51 bits per heavy atom. The van der Waals surface area contributed by atoms with E-state index in [4.69, 9.17) is 0 Å². The first kappa shape index (κ1) is 32.2. The lowest BCUT2D eigenvalue weighted by Gasteiger charge is -2.35. The van der Waals surface area contributed by atoms with E-state index in [1.807, 2.05) is 13.8 Å². The Bertz CT molecular complexity index is 1240. The van der Waals surface area contributed by atoms with Crippen LogP contribution in [-0.2, 0) is 22.0 Å². The summed E-state index contributed by atoms with van der Waals surface area (Å²) >= 11 is 0. The average molecular weight is 557 g/mol. The first-order valence-electron chi connectivity index (χ1n) is 12.6. The number of alkyl halides is 2. The van der Waals surface area contributed by atoms with E-state index in [2.05, 4.69) is 11.3 Å². The molecular formula is C31H35F7O. The van der Waals surface area contributed by atoms with Crippen molar-refractivity contribution in [2.75, 3.05) is 0 Å². The van der Waals surface area contributed by atoms with Gasteiger partial charge in [-0.2, -0.15) is 8.78 Å². The maximum absolute atomic E-state index is 15.4. The van der Waals surface area contributed by atoms with Crippen LogP contribution < -0.4 is 0 Å². The van der Waals surface area contributed by atoms with E-state index in [0.717, 1.165) is 44.9 Å². The Balaban J connectivity index is 2.53. The summed E-state index contributed by atoms with van der Waals surface area (Å²) < 4.78 is 108. The van der Waals surface area contributed by atoms with Gasteiger partial charge < -0.3 is 4.74 Å². The van der Waals surface area contributed by atoms with E-state index >= 15 is 22.0 Å². The monoisotopic (exact) mass is 556 g/mol. The third-order valence-electron chi connectivity index (χ3n) is 6.99. The molecule has 214 valence electrons. The Hall–Kier alpha value is -3.03. The van der Waals surface area contributed by atoms with Crippen molar-refractivity contribution < 1.29 is 35.5 Å². The molecule has 0 aliphatic carbocycles. The van der Waals surface area contributed by atoms with Crippen molar-refractivity contribution in [1.82, 2.24) is 0 Å². The molecule has 0 amide bonds. The summed E-state index contributed by atoms with van der Waals surface area (Å²) in [6, 6.07) is 6.49. The minimum atomic E-state index is -4.32. The average Bonchev–Trinajstić information content (AvgIpc) is 2.76. The van der Waals surface area contributed by atoms with E-state index in [9.17, 15) is 8.78 Å². The lowest BCUT2D eigenvalue weighted by molar-refractivity contribution is -0.253.